The highest BCUT2D eigenvalue weighted by Gasteiger charge is 2.21. The molecule has 1 amide bonds. The van der Waals surface area contributed by atoms with Gasteiger partial charge in [-0.1, -0.05) is 47.1 Å². The number of ether oxygens (including phenoxy) is 1. The van der Waals surface area contributed by atoms with Gasteiger partial charge < -0.3 is 19.9 Å². The molecule has 1 saturated heterocycles. The second-order valence-corrected chi connectivity index (χ2v) is 8.48. The summed E-state index contributed by atoms with van der Waals surface area (Å²) < 4.78 is 4.97. The number of benzene rings is 1. The first-order valence-electron chi connectivity index (χ1n) is 9.74. The predicted molar refractivity (Wildman–Crippen MR) is 123 cm³/mol. The molecule has 1 aliphatic rings. The Hall–Kier alpha value is -1.74. The summed E-state index contributed by atoms with van der Waals surface area (Å²) in [5, 5.41) is 4.48. The Morgan fingerprint density at radius 3 is 2.63 bits per heavy atom. The highest BCUT2D eigenvalue weighted by atomic mass is 35.5. The summed E-state index contributed by atoms with van der Waals surface area (Å²) >= 11 is 13.8. The molecule has 3 rings (SSSR count). The van der Waals surface area contributed by atoms with Crippen LogP contribution in [-0.4, -0.2) is 68.1 Å². The molecule has 0 unspecified atom stereocenters. The van der Waals surface area contributed by atoms with Gasteiger partial charge in [-0.2, -0.15) is 0 Å². The fraction of sp³-hybridized carbons (Fsp3) is 0.450. The molecule has 2 aromatic rings. The van der Waals surface area contributed by atoms with E-state index in [0.29, 0.717) is 23.5 Å². The Bertz CT molecular complexity index is 850. The Labute approximate surface area is 191 Å². The number of nitrogens with zero attached hydrogens (tertiary/aromatic N) is 4. The highest BCUT2D eigenvalue weighted by Crippen LogP contribution is 2.28. The second-order valence-electron chi connectivity index (χ2n) is 6.74. The van der Waals surface area contributed by atoms with Gasteiger partial charge in [-0.25, -0.2) is 9.97 Å². The number of carbonyl (C=O) groups excluding carboxylic acids is 1. The Morgan fingerprint density at radius 1 is 1.17 bits per heavy atom. The van der Waals surface area contributed by atoms with Gasteiger partial charge in [0, 0.05) is 52.5 Å². The van der Waals surface area contributed by atoms with Gasteiger partial charge in [-0.3, -0.25) is 4.79 Å². The fourth-order valence-electron chi connectivity index (χ4n) is 3.12. The van der Waals surface area contributed by atoms with E-state index in [1.165, 1.54) is 11.8 Å². The first-order chi connectivity index (χ1) is 14.6. The van der Waals surface area contributed by atoms with Gasteiger partial charge in [0.05, 0.1) is 16.5 Å². The van der Waals surface area contributed by atoms with Crippen LogP contribution < -0.4 is 15.1 Å². The molecule has 30 heavy (non-hydrogen) atoms. The minimum absolute atomic E-state index is 0.0606. The lowest BCUT2D eigenvalue weighted by atomic mass is 10.2. The van der Waals surface area contributed by atoms with E-state index >= 15 is 0 Å². The first-order valence-corrected chi connectivity index (χ1v) is 11.5. The average molecular weight is 470 g/mol. The number of halogens is 2. The van der Waals surface area contributed by atoms with Crippen molar-refractivity contribution in [2.75, 3.05) is 62.0 Å². The number of hydrogen-bond acceptors (Lipinski definition) is 7. The Morgan fingerprint density at radius 2 is 1.90 bits per heavy atom. The number of anilines is 2. The quantitative estimate of drug-likeness (QED) is 0.261. The monoisotopic (exact) mass is 469 g/mol. The summed E-state index contributed by atoms with van der Waals surface area (Å²) in [6.45, 7) is 4.46. The van der Waals surface area contributed by atoms with Gasteiger partial charge in [-0.15, -0.1) is 0 Å². The molecule has 1 N–H and O–H groups in total. The molecule has 162 valence electrons. The topological polar surface area (TPSA) is 70.6 Å². The van der Waals surface area contributed by atoms with E-state index in [2.05, 4.69) is 25.1 Å². The van der Waals surface area contributed by atoms with Crippen molar-refractivity contribution in [2.45, 2.75) is 11.6 Å². The molecule has 1 aromatic carbocycles. The van der Waals surface area contributed by atoms with Crippen LogP contribution in [0.5, 0.6) is 0 Å². The van der Waals surface area contributed by atoms with E-state index in [9.17, 15) is 4.79 Å². The number of aromatic nitrogens is 2. The number of nitrogens with one attached hydrogen (secondary N) is 1. The minimum atomic E-state index is -0.0606. The molecule has 0 bridgehead atoms. The SMILES string of the molecule is COCCCNC(=O)CSc1nc(Cl)cc(N2CCN(c3ccccc3Cl)CC2)n1. The summed E-state index contributed by atoms with van der Waals surface area (Å²) in [5.74, 6) is 0.957. The van der Waals surface area contributed by atoms with Crippen LogP contribution in [0.2, 0.25) is 10.2 Å². The molecule has 0 aliphatic carbocycles. The molecule has 0 saturated carbocycles. The number of methoxy groups -OCH3 is 1. The third-order valence-corrected chi connectivity index (χ3v) is 6.00. The molecule has 1 aliphatic heterocycles. The smallest absolute Gasteiger partial charge is 0.230 e. The third kappa shape index (κ3) is 6.63. The molecule has 0 spiro atoms. The minimum Gasteiger partial charge on any atom is -0.385 e. The number of thioether (sulfide) groups is 1. The molecule has 0 atom stereocenters. The van der Waals surface area contributed by atoms with Crippen LogP contribution in [0.25, 0.3) is 0 Å². The lowest BCUT2D eigenvalue weighted by Gasteiger charge is -2.37. The highest BCUT2D eigenvalue weighted by molar-refractivity contribution is 7.99. The number of carbonyl (C=O) groups is 1. The van der Waals surface area contributed by atoms with Crippen LogP contribution in [0.3, 0.4) is 0 Å². The van der Waals surface area contributed by atoms with Crippen molar-refractivity contribution >= 4 is 52.4 Å². The van der Waals surface area contributed by atoms with Crippen molar-refractivity contribution in [1.82, 2.24) is 15.3 Å². The number of amides is 1. The van der Waals surface area contributed by atoms with E-state index < -0.39 is 0 Å². The van der Waals surface area contributed by atoms with Crippen molar-refractivity contribution in [3.8, 4) is 0 Å². The zero-order valence-electron chi connectivity index (χ0n) is 16.8. The van der Waals surface area contributed by atoms with E-state index in [1.807, 2.05) is 24.3 Å². The van der Waals surface area contributed by atoms with Gasteiger partial charge >= 0.3 is 0 Å². The van der Waals surface area contributed by atoms with Crippen LogP contribution >= 0.6 is 35.0 Å². The van der Waals surface area contributed by atoms with E-state index in [1.54, 1.807) is 13.2 Å². The molecule has 1 aromatic heterocycles. The van der Waals surface area contributed by atoms with Crippen molar-refractivity contribution in [3.63, 3.8) is 0 Å². The molecule has 2 heterocycles. The number of hydrogen-bond donors (Lipinski definition) is 1. The lowest BCUT2D eigenvalue weighted by molar-refractivity contribution is -0.118. The van der Waals surface area contributed by atoms with Crippen LogP contribution in [-0.2, 0) is 9.53 Å². The van der Waals surface area contributed by atoms with Crippen molar-refractivity contribution < 1.29 is 9.53 Å². The zero-order chi connectivity index (χ0) is 21.3. The second kappa shape index (κ2) is 11.6. The number of para-hydroxylation sites is 1. The number of piperazine rings is 1. The van der Waals surface area contributed by atoms with Crippen LogP contribution in [0, 0.1) is 0 Å². The molecular formula is C20H25Cl2N5O2S. The normalized spacial score (nSPS) is 14.1. The van der Waals surface area contributed by atoms with Gasteiger partial charge in [0.25, 0.3) is 0 Å². The van der Waals surface area contributed by atoms with Crippen LogP contribution in [0.1, 0.15) is 6.42 Å². The molecule has 10 heteroatoms. The van der Waals surface area contributed by atoms with Crippen molar-refractivity contribution in [2.24, 2.45) is 0 Å². The van der Waals surface area contributed by atoms with Crippen LogP contribution in [0.4, 0.5) is 11.5 Å². The molecular weight excluding hydrogens is 445 g/mol. The van der Waals surface area contributed by atoms with Gasteiger partial charge in [-0.05, 0) is 18.6 Å². The first kappa shape index (κ1) is 22.9. The molecule has 0 radical (unpaired) electrons. The zero-order valence-corrected chi connectivity index (χ0v) is 19.1. The predicted octanol–water partition coefficient (Wildman–Crippen LogP) is 3.35. The maximum absolute atomic E-state index is 12.0. The van der Waals surface area contributed by atoms with Crippen LogP contribution in [0.15, 0.2) is 35.5 Å². The summed E-state index contributed by atoms with van der Waals surface area (Å²) in [5.41, 5.74) is 1.05. The third-order valence-electron chi connectivity index (χ3n) is 4.64. The Kier molecular flexibility index (Phi) is 8.87. The maximum atomic E-state index is 12.0. The number of rotatable bonds is 9. The largest absolute Gasteiger partial charge is 0.385 e. The van der Waals surface area contributed by atoms with Gasteiger partial charge in [0.1, 0.15) is 11.0 Å². The lowest BCUT2D eigenvalue weighted by Crippen LogP contribution is -2.47. The molecule has 1 fully saturated rings. The Balaban J connectivity index is 1.54. The van der Waals surface area contributed by atoms with Crippen molar-refractivity contribution in [1.29, 1.82) is 0 Å². The fourth-order valence-corrected chi connectivity index (χ4v) is 4.29. The maximum Gasteiger partial charge on any atom is 0.230 e. The van der Waals surface area contributed by atoms with E-state index in [-0.39, 0.29) is 11.7 Å². The van der Waals surface area contributed by atoms with E-state index in [0.717, 1.165) is 49.1 Å². The summed E-state index contributed by atoms with van der Waals surface area (Å²) in [6, 6.07) is 9.64. The molecule has 7 nitrogen and oxygen atoms in total. The summed E-state index contributed by atoms with van der Waals surface area (Å²) in [4.78, 5) is 25.3. The summed E-state index contributed by atoms with van der Waals surface area (Å²) in [7, 11) is 1.64. The average Bonchev–Trinajstić information content (AvgIpc) is 2.75. The van der Waals surface area contributed by atoms with Gasteiger partial charge in [0.2, 0.25) is 5.91 Å². The van der Waals surface area contributed by atoms with Gasteiger partial charge in [0.15, 0.2) is 5.16 Å². The summed E-state index contributed by atoms with van der Waals surface area (Å²) in [6.07, 6.45) is 0.783. The van der Waals surface area contributed by atoms with Crippen molar-refractivity contribution in [3.05, 3.63) is 40.5 Å². The van der Waals surface area contributed by atoms with E-state index in [4.69, 9.17) is 27.9 Å². The standard InChI is InChI=1S/C20H25Cl2N5O2S/c1-29-12-4-7-23-19(28)14-30-20-24-17(22)13-18(25-20)27-10-8-26(9-11-27)16-6-3-2-5-15(16)21/h2-3,5-6,13H,4,7-12,14H2,1H3,(H,23,28).